The lowest BCUT2D eigenvalue weighted by Crippen LogP contribution is -2.54. The summed E-state index contributed by atoms with van der Waals surface area (Å²) >= 11 is 6.13. The van der Waals surface area contributed by atoms with Gasteiger partial charge in [0.1, 0.15) is 12.6 Å². The van der Waals surface area contributed by atoms with Gasteiger partial charge in [-0.25, -0.2) is 8.42 Å². The summed E-state index contributed by atoms with van der Waals surface area (Å²) in [5.74, 6) is -0.834. The molecule has 0 radical (unpaired) electrons. The van der Waals surface area contributed by atoms with E-state index in [4.69, 9.17) is 11.6 Å². The Morgan fingerprint density at radius 2 is 1.34 bits per heavy atom. The van der Waals surface area contributed by atoms with E-state index in [-0.39, 0.29) is 35.5 Å². The number of hydrogen-bond donors (Lipinski definition) is 1. The maximum absolute atomic E-state index is 14.4. The summed E-state index contributed by atoms with van der Waals surface area (Å²) < 4.78 is 29.2. The van der Waals surface area contributed by atoms with Gasteiger partial charge in [0.25, 0.3) is 10.0 Å². The molecule has 9 heteroatoms. The first-order valence-corrected chi connectivity index (χ1v) is 16.3. The van der Waals surface area contributed by atoms with Crippen molar-refractivity contribution in [1.82, 2.24) is 10.2 Å². The lowest BCUT2D eigenvalue weighted by atomic mass is 10.0. The number of nitrogens with zero attached hydrogens (tertiary/aromatic N) is 2. The minimum absolute atomic E-state index is 0.0503. The average molecular weight is 632 g/mol. The molecule has 4 aromatic carbocycles. The van der Waals surface area contributed by atoms with Crippen molar-refractivity contribution in [2.24, 2.45) is 0 Å². The second-order valence-corrected chi connectivity index (χ2v) is 13.5. The molecule has 0 aliphatic heterocycles. The van der Waals surface area contributed by atoms with Crippen LogP contribution in [0, 0.1) is 13.8 Å². The molecule has 0 bridgehead atoms. The van der Waals surface area contributed by atoms with Gasteiger partial charge in [-0.3, -0.25) is 13.9 Å². The highest BCUT2D eigenvalue weighted by molar-refractivity contribution is 7.92. The second kappa shape index (κ2) is 14.6. The smallest absolute Gasteiger partial charge is 0.264 e. The van der Waals surface area contributed by atoms with Crippen LogP contribution in [-0.2, 0) is 32.6 Å². The molecule has 0 saturated carbocycles. The zero-order valence-electron chi connectivity index (χ0n) is 25.4. The number of carbonyl (C=O) groups excluding carboxylic acids is 2. The molecular formula is C35H38ClN3O4S. The second-order valence-electron chi connectivity index (χ2n) is 11.2. The number of halogens is 1. The number of anilines is 1. The summed E-state index contributed by atoms with van der Waals surface area (Å²) in [7, 11) is -4.17. The number of carbonyl (C=O) groups is 2. The third-order valence-corrected chi connectivity index (χ3v) is 9.22. The van der Waals surface area contributed by atoms with E-state index < -0.39 is 28.5 Å². The minimum atomic E-state index is -4.17. The molecule has 0 heterocycles. The molecule has 0 aliphatic carbocycles. The number of amides is 2. The molecule has 7 nitrogen and oxygen atoms in total. The van der Waals surface area contributed by atoms with E-state index in [0.717, 1.165) is 26.6 Å². The van der Waals surface area contributed by atoms with E-state index in [1.165, 1.54) is 17.0 Å². The van der Waals surface area contributed by atoms with Crippen LogP contribution >= 0.6 is 11.6 Å². The number of hydrogen-bond acceptors (Lipinski definition) is 4. The van der Waals surface area contributed by atoms with Gasteiger partial charge in [-0.2, -0.15) is 0 Å². The van der Waals surface area contributed by atoms with Gasteiger partial charge in [-0.15, -0.1) is 0 Å². The van der Waals surface area contributed by atoms with Crippen molar-refractivity contribution >= 4 is 39.1 Å². The molecule has 2 amide bonds. The third kappa shape index (κ3) is 8.49. The summed E-state index contributed by atoms with van der Waals surface area (Å²) in [6, 6.07) is 28.9. The van der Waals surface area contributed by atoms with E-state index in [2.05, 4.69) is 5.32 Å². The summed E-state index contributed by atoms with van der Waals surface area (Å²) in [5, 5.41) is 3.40. The van der Waals surface area contributed by atoms with Gasteiger partial charge < -0.3 is 10.2 Å². The maximum Gasteiger partial charge on any atom is 0.264 e. The van der Waals surface area contributed by atoms with Gasteiger partial charge in [0.2, 0.25) is 11.8 Å². The standard InChI is InChI=1S/C35H38ClN3O4S/c1-25(2)37-35(41)33(22-28-8-6-5-7-9-28)38(23-29-14-10-26(3)11-15-29)34(40)24-39(31-18-16-30(36)17-19-31)44(42,43)32-20-12-27(4)13-21-32/h5-21,25,33H,22-24H2,1-4H3,(H,37,41)/t33-/m1/s1. The van der Waals surface area contributed by atoms with Crippen LogP contribution in [-0.4, -0.2) is 43.8 Å². The third-order valence-electron chi connectivity index (χ3n) is 7.18. The Balaban J connectivity index is 1.79. The Bertz CT molecular complexity index is 1660. The summed E-state index contributed by atoms with van der Waals surface area (Å²) in [6.07, 6.45) is 0.253. The SMILES string of the molecule is Cc1ccc(CN(C(=O)CN(c2ccc(Cl)cc2)S(=O)(=O)c2ccc(C)cc2)[C@H](Cc2ccccc2)C(=O)NC(C)C)cc1. The van der Waals surface area contributed by atoms with Crippen molar-refractivity contribution in [3.8, 4) is 0 Å². The zero-order valence-corrected chi connectivity index (χ0v) is 27.0. The average Bonchev–Trinajstić information content (AvgIpc) is 2.99. The first-order valence-electron chi connectivity index (χ1n) is 14.5. The summed E-state index contributed by atoms with van der Waals surface area (Å²) in [5.41, 5.74) is 3.94. The first-order chi connectivity index (χ1) is 20.9. The molecule has 4 aromatic rings. The zero-order chi connectivity index (χ0) is 31.9. The Kier molecular flexibility index (Phi) is 10.8. The highest BCUT2D eigenvalue weighted by Gasteiger charge is 2.34. The van der Waals surface area contributed by atoms with Crippen LogP contribution < -0.4 is 9.62 Å². The van der Waals surface area contributed by atoms with Crippen LogP contribution in [0.3, 0.4) is 0 Å². The topological polar surface area (TPSA) is 86.8 Å². The molecule has 0 fully saturated rings. The van der Waals surface area contributed by atoms with Crippen LogP contribution in [0.4, 0.5) is 5.69 Å². The lowest BCUT2D eigenvalue weighted by molar-refractivity contribution is -0.140. The van der Waals surface area contributed by atoms with Crippen molar-refractivity contribution in [2.45, 2.75) is 57.6 Å². The van der Waals surface area contributed by atoms with Gasteiger partial charge in [0.05, 0.1) is 10.6 Å². The fourth-order valence-electron chi connectivity index (χ4n) is 4.80. The predicted molar refractivity (Wildman–Crippen MR) is 176 cm³/mol. The maximum atomic E-state index is 14.4. The molecule has 0 aliphatic rings. The largest absolute Gasteiger partial charge is 0.352 e. The fourth-order valence-corrected chi connectivity index (χ4v) is 6.34. The van der Waals surface area contributed by atoms with E-state index in [1.54, 1.807) is 36.4 Å². The van der Waals surface area contributed by atoms with Crippen LogP contribution in [0.5, 0.6) is 0 Å². The van der Waals surface area contributed by atoms with E-state index in [0.29, 0.717) is 5.02 Å². The lowest BCUT2D eigenvalue weighted by Gasteiger charge is -2.34. The molecular weight excluding hydrogens is 594 g/mol. The van der Waals surface area contributed by atoms with Gasteiger partial charge in [-0.05, 0) is 75.2 Å². The number of rotatable bonds is 12. The molecule has 44 heavy (non-hydrogen) atoms. The quantitative estimate of drug-likeness (QED) is 0.198. The van der Waals surface area contributed by atoms with E-state index >= 15 is 0 Å². The number of nitrogens with one attached hydrogen (secondary N) is 1. The van der Waals surface area contributed by atoms with Gasteiger partial charge in [0.15, 0.2) is 0 Å². The summed E-state index contributed by atoms with van der Waals surface area (Å²) in [6.45, 7) is 7.15. The molecule has 4 rings (SSSR count). The Morgan fingerprint density at radius 1 is 0.773 bits per heavy atom. The normalized spacial score (nSPS) is 12.0. The fraction of sp³-hybridized carbons (Fsp3) is 0.257. The Hall–Kier alpha value is -4.14. The molecule has 1 atom stereocenters. The van der Waals surface area contributed by atoms with Crippen molar-refractivity contribution in [2.75, 3.05) is 10.8 Å². The molecule has 0 unspecified atom stereocenters. The van der Waals surface area contributed by atoms with Crippen LogP contribution in [0.1, 0.15) is 36.1 Å². The first kappa shape index (κ1) is 32.8. The molecule has 0 spiro atoms. The number of aryl methyl sites for hydroxylation is 2. The van der Waals surface area contributed by atoms with E-state index in [1.807, 2.05) is 82.3 Å². The van der Waals surface area contributed by atoms with Crippen molar-refractivity contribution in [1.29, 1.82) is 0 Å². The Morgan fingerprint density at radius 3 is 1.91 bits per heavy atom. The number of benzene rings is 4. The predicted octanol–water partition coefficient (Wildman–Crippen LogP) is 6.32. The highest BCUT2D eigenvalue weighted by atomic mass is 35.5. The molecule has 0 aromatic heterocycles. The van der Waals surface area contributed by atoms with E-state index in [9.17, 15) is 18.0 Å². The van der Waals surface area contributed by atoms with Crippen molar-refractivity contribution in [3.05, 3.63) is 130 Å². The number of sulfonamides is 1. The van der Waals surface area contributed by atoms with Crippen LogP contribution in [0.25, 0.3) is 0 Å². The van der Waals surface area contributed by atoms with Crippen molar-refractivity contribution < 1.29 is 18.0 Å². The van der Waals surface area contributed by atoms with Gasteiger partial charge in [0, 0.05) is 24.0 Å². The molecule has 230 valence electrons. The summed E-state index contributed by atoms with van der Waals surface area (Å²) in [4.78, 5) is 29.7. The van der Waals surface area contributed by atoms with Crippen molar-refractivity contribution in [3.63, 3.8) is 0 Å². The van der Waals surface area contributed by atoms with Gasteiger partial charge in [-0.1, -0.05) is 89.5 Å². The van der Waals surface area contributed by atoms with Gasteiger partial charge >= 0.3 is 0 Å². The van der Waals surface area contributed by atoms with Crippen LogP contribution in [0.2, 0.25) is 5.02 Å². The minimum Gasteiger partial charge on any atom is -0.352 e. The highest BCUT2D eigenvalue weighted by Crippen LogP contribution is 2.27. The monoisotopic (exact) mass is 631 g/mol. The molecule has 0 saturated heterocycles. The Labute approximate surface area is 265 Å². The van der Waals surface area contributed by atoms with Crippen LogP contribution in [0.15, 0.2) is 108 Å². The molecule has 1 N–H and O–H groups in total.